The monoisotopic (exact) mass is 439 g/mol. The molecule has 0 aliphatic rings. The number of hydrogen-bond donors (Lipinski definition) is 1. The van der Waals surface area contributed by atoms with E-state index in [4.69, 9.17) is 16.7 Å². The van der Waals surface area contributed by atoms with E-state index in [1.54, 1.807) is 0 Å². The smallest absolute Gasteiger partial charge is 0.313 e. The van der Waals surface area contributed by atoms with Gasteiger partial charge in [-0.1, -0.05) is 63.6 Å². The summed E-state index contributed by atoms with van der Waals surface area (Å²) in [6.07, 6.45) is 0. The van der Waals surface area contributed by atoms with Crippen LogP contribution in [0.15, 0.2) is 57.3 Å². The van der Waals surface area contributed by atoms with Gasteiger partial charge in [0.25, 0.3) is 0 Å². The Morgan fingerprint density at radius 2 is 1.75 bits per heavy atom. The Balaban J connectivity index is 2.05. The molecule has 0 aliphatic heterocycles. The molecule has 0 saturated heterocycles. The molecular formula is C17H11BrClNO2S2. The first-order valence-electron chi connectivity index (χ1n) is 6.90. The molecule has 2 aromatic carbocycles. The summed E-state index contributed by atoms with van der Waals surface area (Å²) in [5.41, 5.74) is 2.85. The highest BCUT2D eigenvalue weighted by atomic mass is 79.9. The third kappa shape index (κ3) is 4.19. The molecule has 7 heteroatoms. The maximum atomic E-state index is 10.8. The zero-order chi connectivity index (χ0) is 17.1. The van der Waals surface area contributed by atoms with Gasteiger partial charge in [0.05, 0.1) is 16.3 Å². The molecule has 3 rings (SSSR count). The van der Waals surface area contributed by atoms with Gasteiger partial charge in [0.2, 0.25) is 0 Å². The lowest BCUT2D eigenvalue weighted by Gasteiger charge is -2.03. The van der Waals surface area contributed by atoms with Crippen molar-refractivity contribution >= 4 is 56.6 Å². The molecule has 0 unspecified atom stereocenters. The number of halogens is 2. The number of hydrogen-bond acceptors (Lipinski definition) is 4. The van der Waals surface area contributed by atoms with E-state index in [0.717, 1.165) is 30.5 Å². The van der Waals surface area contributed by atoms with Gasteiger partial charge in [-0.2, -0.15) is 0 Å². The van der Waals surface area contributed by atoms with Crippen molar-refractivity contribution in [3.63, 3.8) is 0 Å². The van der Waals surface area contributed by atoms with Gasteiger partial charge < -0.3 is 5.11 Å². The minimum atomic E-state index is -0.853. The molecule has 0 bridgehead atoms. The second kappa shape index (κ2) is 7.70. The lowest BCUT2D eigenvalue weighted by atomic mass is 10.1. The van der Waals surface area contributed by atoms with Crippen LogP contribution in [0, 0.1) is 0 Å². The van der Waals surface area contributed by atoms with Crippen LogP contribution in [-0.2, 0) is 4.79 Å². The summed E-state index contributed by atoms with van der Waals surface area (Å²) in [7, 11) is 0. The van der Waals surface area contributed by atoms with Crippen molar-refractivity contribution < 1.29 is 9.90 Å². The van der Waals surface area contributed by atoms with Crippen LogP contribution < -0.4 is 0 Å². The number of thiazole rings is 1. The van der Waals surface area contributed by atoms with E-state index in [1.165, 1.54) is 23.1 Å². The number of benzene rings is 2. The summed E-state index contributed by atoms with van der Waals surface area (Å²) in [6.45, 7) is 0. The molecular weight excluding hydrogens is 430 g/mol. The molecule has 3 aromatic rings. The third-order valence-electron chi connectivity index (χ3n) is 3.15. The van der Waals surface area contributed by atoms with Crippen LogP contribution in [0.2, 0.25) is 5.02 Å². The van der Waals surface area contributed by atoms with Crippen LogP contribution in [-0.4, -0.2) is 21.8 Å². The van der Waals surface area contributed by atoms with E-state index in [-0.39, 0.29) is 5.75 Å². The minimum absolute atomic E-state index is 0.00660. The predicted molar refractivity (Wildman–Crippen MR) is 104 cm³/mol. The third-order valence-corrected chi connectivity index (χ3v) is 6.16. The minimum Gasteiger partial charge on any atom is -0.481 e. The molecule has 0 aliphatic carbocycles. The number of nitrogens with zero attached hydrogens (tertiary/aromatic N) is 1. The van der Waals surface area contributed by atoms with Crippen LogP contribution in [0.25, 0.3) is 21.7 Å². The highest BCUT2D eigenvalue weighted by Crippen LogP contribution is 2.40. The number of thioether (sulfide) groups is 1. The van der Waals surface area contributed by atoms with Gasteiger partial charge in [-0.25, -0.2) is 4.98 Å². The summed E-state index contributed by atoms with van der Waals surface area (Å²) < 4.78 is 1.73. The van der Waals surface area contributed by atoms with E-state index >= 15 is 0 Å². The molecule has 0 spiro atoms. The van der Waals surface area contributed by atoms with Gasteiger partial charge in [-0.05, 0) is 29.8 Å². The molecule has 1 aromatic heterocycles. The summed E-state index contributed by atoms with van der Waals surface area (Å²) >= 11 is 12.1. The Morgan fingerprint density at radius 1 is 1.12 bits per heavy atom. The Labute approximate surface area is 160 Å². The van der Waals surface area contributed by atoms with E-state index in [2.05, 4.69) is 20.9 Å². The van der Waals surface area contributed by atoms with Crippen molar-refractivity contribution in [1.29, 1.82) is 0 Å². The van der Waals surface area contributed by atoms with Gasteiger partial charge >= 0.3 is 5.97 Å². The largest absolute Gasteiger partial charge is 0.481 e. The van der Waals surface area contributed by atoms with Crippen molar-refractivity contribution in [3.8, 4) is 21.7 Å². The molecule has 122 valence electrons. The van der Waals surface area contributed by atoms with Gasteiger partial charge in [-0.3, -0.25) is 4.79 Å². The first-order chi connectivity index (χ1) is 11.5. The van der Waals surface area contributed by atoms with E-state index in [9.17, 15) is 4.79 Å². The summed E-state index contributed by atoms with van der Waals surface area (Å²) in [5.74, 6) is -0.860. The fraction of sp³-hybridized carbons (Fsp3) is 0.0588. The molecule has 24 heavy (non-hydrogen) atoms. The van der Waals surface area contributed by atoms with Crippen molar-refractivity contribution in [2.75, 3.05) is 5.75 Å². The lowest BCUT2D eigenvalue weighted by molar-refractivity contribution is -0.133. The van der Waals surface area contributed by atoms with Crippen molar-refractivity contribution in [1.82, 2.24) is 4.98 Å². The molecule has 1 heterocycles. The molecule has 0 radical (unpaired) electrons. The zero-order valence-corrected chi connectivity index (χ0v) is 16.2. The van der Waals surface area contributed by atoms with Gasteiger partial charge in [0, 0.05) is 15.1 Å². The highest BCUT2D eigenvalue weighted by Gasteiger charge is 2.16. The Kier molecular flexibility index (Phi) is 5.61. The topological polar surface area (TPSA) is 50.2 Å². The Bertz CT molecular complexity index is 800. The SMILES string of the molecule is O=C(O)CSc1nc(-c2ccc(Br)cc2)c(-c2ccc(Cl)cc2)s1. The number of aliphatic carboxylic acids is 1. The highest BCUT2D eigenvalue weighted by molar-refractivity contribution is 9.10. The number of rotatable bonds is 5. The average Bonchev–Trinajstić information content (AvgIpc) is 2.98. The van der Waals surface area contributed by atoms with Crippen LogP contribution in [0.1, 0.15) is 0 Å². The molecule has 0 atom stereocenters. The lowest BCUT2D eigenvalue weighted by Crippen LogP contribution is -1.96. The molecule has 0 saturated carbocycles. The standard InChI is InChI=1S/C17H11BrClNO2S2/c18-12-5-1-10(2-6-12)15-16(11-3-7-13(19)8-4-11)24-17(20-15)23-9-14(21)22/h1-8H,9H2,(H,21,22). The van der Waals surface area contributed by atoms with E-state index in [1.807, 2.05) is 48.5 Å². The molecule has 0 amide bonds. The van der Waals surface area contributed by atoms with Crippen LogP contribution in [0.4, 0.5) is 0 Å². The van der Waals surface area contributed by atoms with Crippen LogP contribution in [0.5, 0.6) is 0 Å². The van der Waals surface area contributed by atoms with Crippen molar-refractivity contribution in [2.24, 2.45) is 0 Å². The first kappa shape index (κ1) is 17.5. The average molecular weight is 441 g/mol. The molecule has 3 nitrogen and oxygen atoms in total. The Morgan fingerprint density at radius 3 is 2.38 bits per heavy atom. The van der Waals surface area contributed by atoms with Crippen LogP contribution >= 0.6 is 50.6 Å². The molecule has 1 N–H and O–H groups in total. The normalized spacial score (nSPS) is 10.8. The number of aromatic nitrogens is 1. The maximum absolute atomic E-state index is 10.8. The summed E-state index contributed by atoms with van der Waals surface area (Å²) in [5, 5.41) is 9.56. The second-order valence-corrected chi connectivity index (χ2v) is 8.43. The quantitative estimate of drug-likeness (QED) is 0.489. The number of carbonyl (C=O) groups is 1. The number of carboxylic acids is 1. The van der Waals surface area contributed by atoms with Crippen molar-refractivity contribution in [3.05, 3.63) is 58.0 Å². The van der Waals surface area contributed by atoms with Crippen LogP contribution in [0.3, 0.4) is 0 Å². The van der Waals surface area contributed by atoms with E-state index < -0.39 is 5.97 Å². The van der Waals surface area contributed by atoms with Gasteiger partial charge in [0.1, 0.15) is 0 Å². The molecule has 0 fully saturated rings. The van der Waals surface area contributed by atoms with Gasteiger partial charge in [-0.15, -0.1) is 11.3 Å². The van der Waals surface area contributed by atoms with Gasteiger partial charge in [0.15, 0.2) is 4.34 Å². The fourth-order valence-electron chi connectivity index (χ4n) is 2.09. The Hall–Kier alpha value is -1.34. The zero-order valence-electron chi connectivity index (χ0n) is 12.2. The summed E-state index contributed by atoms with van der Waals surface area (Å²) in [6, 6.07) is 15.5. The second-order valence-electron chi connectivity index (χ2n) is 4.85. The first-order valence-corrected chi connectivity index (χ1v) is 9.87. The maximum Gasteiger partial charge on any atom is 0.313 e. The summed E-state index contributed by atoms with van der Waals surface area (Å²) in [4.78, 5) is 16.5. The van der Waals surface area contributed by atoms with E-state index in [0.29, 0.717) is 5.02 Å². The number of carboxylic acid groups (broad SMARTS) is 1. The predicted octanol–water partition coefficient (Wildman–Crippen LogP) is 6.07. The fourth-order valence-corrected chi connectivity index (χ4v) is 4.37. The van der Waals surface area contributed by atoms with Crippen molar-refractivity contribution in [2.45, 2.75) is 4.34 Å².